The van der Waals surface area contributed by atoms with Gasteiger partial charge >= 0.3 is 0 Å². The zero-order valence-corrected chi connectivity index (χ0v) is 15.4. The molecule has 28 heavy (non-hydrogen) atoms. The number of aromatic nitrogens is 6. The highest BCUT2D eigenvalue weighted by Gasteiger charge is 2.21. The third-order valence-corrected chi connectivity index (χ3v) is 5.41. The number of aliphatic hydroxyl groups is 1. The van der Waals surface area contributed by atoms with Crippen molar-refractivity contribution in [2.45, 2.75) is 19.4 Å². The minimum absolute atomic E-state index is 0.260. The second-order valence-corrected chi connectivity index (χ2v) is 7.27. The zero-order valence-electron chi connectivity index (χ0n) is 15.4. The van der Waals surface area contributed by atoms with Crippen molar-refractivity contribution in [2.75, 3.05) is 24.6 Å². The Bertz CT molecular complexity index is 1120. The molecule has 0 aliphatic carbocycles. The maximum Gasteiger partial charge on any atom is 0.221 e. The average Bonchev–Trinajstić information content (AvgIpc) is 3.16. The lowest BCUT2D eigenvalue weighted by atomic mass is 9.98. The fourth-order valence-corrected chi connectivity index (χ4v) is 3.75. The molecule has 0 unspecified atom stereocenters. The summed E-state index contributed by atoms with van der Waals surface area (Å²) in [6.45, 7) is 2.60. The Morgan fingerprint density at radius 2 is 2.00 bits per heavy atom. The summed E-state index contributed by atoms with van der Waals surface area (Å²) >= 11 is 0. The van der Waals surface area contributed by atoms with Gasteiger partial charge in [-0.05, 0) is 42.5 Å². The van der Waals surface area contributed by atoms with Gasteiger partial charge in [0.25, 0.3) is 0 Å². The van der Waals surface area contributed by atoms with Gasteiger partial charge in [-0.15, -0.1) is 5.10 Å². The van der Waals surface area contributed by atoms with E-state index in [-0.39, 0.29) is 6.61 Å². The maximum absolute atomic E-state index is 9.33. The molecule has 3 aromatic heterocycles. The molecule has 1 N–H and O–H groups in total. The zero-order chi connectivity index (χ0) is 18.9. The van der Waals surface area contributed by atoms with E-state index >= 15 is 0 Å². The first-order chi connectivity index (χ1) is 13.8. The van der Waals surface area contributed by atoms with Gasteiger partial charge in [0.05, 0.1) is 18.3 Å². The number of nitrogens with zero attached hydrogens (tertiary/aromatic N) is 7. The summed E-state index contributed by atoms with van der Waals surface area (Å²) in [5.74, 6) is 1.23. The number of benzene rings is 1. The Kier molecular flexibility index (Phi) is 4.32. The monoisotopic (exact) mass is 375 g/mol. The van der Waals surface area contributed by atoms with E-state index in [1.807, 2.05) is 12.1 Å². The Labute approximate surface area is 161 Å². The molecule has 0 spiro atoms. The van der Waals surface area contributed by atoms with Crippen molar-refractivity contribution < 1.29 is 5.11 Å². The Morgan fingerprint density at radius 1 is 1.11 bits per heavy atom. The predicted molar refractivity (Wildman–Crippen MR) is 106 cm³/mol. The second-order valence-electron chi connectivity index (χ2n) is 7.27. The van der Waals surface area contributed by atoms with E-state index in [1.165, 1.54) is 0 Å². The molecule has 0 saturated carbocycles. The minimum atomic E-state index is 0.260. The Balaban J connectivity index is 1.43. The number of pyridine rings is 1. The number of hydrogen-bond acceptors (Lipinski definition) is 7. The third kappa shape index (κ3) is 3.16. The average molecular weight is 375 g/mol. The number of piperidine rings is 1. The van der Waals surface area contributed by atoms with Gasteiger partial charge < -0.3 is 10.0 Å². The molecular formula is C20H21N7O. The van der Waals surface area contributed by atoms with Gasteiger partial charge in [-0.3, -0.25) is 4.98 Å². The molecule has 8 nitrogen and oxygen atoms in total. The number of rotatable bonds is 4. The van der Waals surface area contributed by atoms with Crippen molar-refractivity contribution >= 4 is 28.0 Å². The van der Waals surface area contributed by atoms with Crippen LogP contribution in [-0.2, 0) is 6.54 Å². The van der Waals surface area contributed by atoms with Crippen LogP contribution >= 0.6 is 0 Å². The van der Waals surface area contributed by atoms with Crippen LogP contribution in [0.15, 0.2) is 42.7 Å². The fourth-order valence-electron chi connectivity index (χ4n) is 3.75. The largest absolute Gasteiger partial charge is 0.396 e. The maximum atomic E-state index is 9.33. The van der Waals surface area contributed by atoms with Crippen molar-refractivity contribution in [2.24, 2.45) is 5.92 Å². The summed E-state index contributed by atoms with van der Waals surface area (Å²) in [5, 5.41) is 18.9. The summed E-state index contributed by atoms with van der Waals surface area (Å²) in [6.07, 6.45) is 5.51. The SMILES string of the molecule is OCC1CCN(c2cnc3nnn(Cc4ccc5ncccc5c4)c3n2)CC1. The van der Waals surface area contributed by atoms with Gasteiger partial charge in [-0.1, -0.05) is 17.3 Å². The van der Waals surface area contributed by atoms with E-state index in [1.54, 1.807) is 17.1 Å². The molecule has 1 aromatic carbocycles. The van der Waals surface area contributed by atoms with Gasteiger partial charge in [-0.2, -0.15) is 0 Å². The summed E-state index contributed by atoms with van der Waals surface area (Å²) in [4.78, 5) is 15.8. The molecule has 1 saturated heterocycles. The van der Waals surface area contributed by atoms with Gasteiger partial charge in [0, 0.05) is 31.3 Å². The highest BCUT2D eigenvalue weighted by atomic mass is 16.3. The molecule has 4 aromatic rings. The van der Waals surface area contributed by atoms with Crippen LogP contribution in [0, 0.1) is 5.92 Å². The summed E-state index contributed by atoms with van der Waals surface area (Å²) in [6, 6.07) is 10.2. The quantitative estimate of drug-likeness (QED) is 0.583. The van der Waals surface area contributed by atoms with Gasteiger partial charge in [0.2, 0.25) is 5.65 Å². The van der Waals surface area contributed by atoms with Crippen molar-refractivity contribution in [3.05, 3.63) is 48.3 Å². The van der Waals surface area contributed by atoms with E-state index in [0.29, 0.717) is 23.8 Å². The summed E-state index contributed by atoms with van der Waals surface area (Å²) in [7, 11) is 0. The molecule has 1 aliphatic rings. The van der Waals surface area contributed by atoms with Crippen molar-refractivity contribution in [1.29, 1.82) is 0 Å². The van der Waals surface area contributed by atoms with Gasteiger partial charge in [0.1, 0.15) is 5.82 Å². The second kappa shape index (κ2) is 7.12. The van der Waals surface area contributed by atoms with Crippen LogP contribution in [-0.4, -0.2) is 54.7 Å². The van der Waals surface area contributed by atoms with Crippen LogP contribution in [0.4, 0.5) is 5.82 Å². The Morgan fingerprint density at radius 3 is 2.86 bits per heavy atom. The van der Waals surface area contributed by atoms with Crippen LogP contribution in [0.2, 0.25) is 0 Å². The standard InChI is InChI=1S/C20H21N7O/c28-13-14-5-8-26(9-6-14)18-11-22-19-20(23-18)27(25-24-19)12-15-3-4-17-16(10-15)2-1-7-21-17/h1-4,7,10-11,14,28H,5-6,8-9,12-13H2. The van der Waals surface area contributed by atoms with E-state index in [2.05, 4.69) is 43.4 Å². The van der Waals surface area contributed by atoms with Crippen LogP contribution in [0.25, 0.3) is 22.2 Å². The molecule has 5 rings (SSSR count). The van der Waals surface area contributed by atoms with E-state index in [9.17, 15) is 5.11 Å². The topological polar surface area (TPSA) is 92.8 Å². The van der Waals surface area contributed by atoms with Crippen LogP contribution in [0.3, 0.4) is 0 Å². The molecule has 4 heterocycles. The van der Waals surface area contributed by atoms with E-state index < -0.39 is 0 Å². The van der Waals surface area contributed by atoms with Crippen LogP contribution in [0.5, 0.6) is 0 Å². The van der Waals surface area contributed by atoms with Crippen LogP contribution in [0.1, 0.15) is 18.4 Å². The lowest BCUT2D eigenvalue weighted by Gasteiger charge is -2.31. The van der Waals surface area contributed by atoms with Crippen molar-refractivity contribution in [3.63, 3.8) is 0 Å². The first kappa shape index (κ1) is 17.0. The molecule has 1 aliphatic heterocycles. The molecule has 0 bridgehead atoms. The molecule has 142 valence electrons. The molecule has 0 atom stereocenters. The normalized spacial score (nSPS) is 15.5. The lowest BCUT2D eigenvalue weighted by molar-refractivity contribution is 0.203. The molecular weight excluding hydrogens is 354 g/mol. The molecule has 1 fully saturated rings. The Hall–Kier alpha value is -3.13. The first-order valence-electron chi connectivity index (χ1n) is 9.56. The van der Waals surface area contributed by atoms with Gasteiger partial charge in [-0.25, -0.2) is 14.6 Å². The van der Waals surface area contributed by atoms with Crippen LogP contribution < -0.4 is 4.90 Å². The van der Waals surface area contributed by atoms with Crippen molar-refractivity contribution in [3.8, 4) is 0 Å². The van der Waals surface area contributed by atoms with Gasteiger partial charge in [0.15, 0.2) is 5.65 Å². The number of aliphatic hydroxyl groups excluding tert-OH is 1. The highest BCUT2D eigenvalue weighted by molar-refractivity contribution is 5.79. The first-order valence-corrected chi connectivity index (χ1v) is 9.56. The predicted octanol–water partition coefficient (Wildman–Crippen LogP) is 2.03. The van der Waals surface area contributed by atoms with E-state index in [0.717, 1.165) is 48.2 Å². The minimum Gasteiger partial charge on any atom is -0.396 e. The number of anilines is 1. The highest BCUT2D eigenvalue weighted by Crippen LogP contribution is 2.22. The molecule has 8 heteroatoms. The lowest BCUT2D eigenvalue weighted by Crippen LogP contribution is -2.35. The third-order valence-electron chi connectivity index (χ3n) is 5.41. The van der Waals surface area contributed by atoms with Crippen molar-refractivity contribution in [1.82, 2.24) is 29.9 Å². The van der Waals surface area contributed by atoms with E-state index in [4.69, 9.17) is 4.98 Å². The fraction of sp³-hybridized carbons (Fsp3) is 0.350. The molecule has 0 radical (unpaired) electrons. The summed E-state index contributed by atoms with van der Waals surface area (Å²) < 4.78 is 1.80. The smallest absolute Gasteiger partial charge is 0.221 e. The molecule has 0 amide bonds. The number of fused-ring (bicyclic) bond motifs is 2. The number of hydrogen-bond donors (Lipinski definition) is 1. The summed E-state index contributed by atoms with van der Waals surface area (Å²) in [5.41, 5.74) is 3.33.